The molecular formula is C20H27N5O2S. The van der Waals surface area contributed by atoms with E-state index in [-0.39, 0.29) is 11.8 Å². The lowest BCUT2D eigenvalue weighted by Crippen LogP contribution is -2.42. The van der Waals surface area contributed by atoms with Crippen molar-refractivity contribution in [3.8, 4) is 0 Å². The highest BCUT2D eigenvalue weighted by Gasteiger charge is 2.26. The highest BCUT2D eigenvalue weighted by molar-refractivity contribution is 7.89. The van der Waals surface area contributed by atoms with Gasteiger partial charge < -0.3 is 16.0 Å². The highest BCUT2D eigenvalue weighted by Crippen LogP contribution is 2.29. The second kappa shape index (κ2) is 8.70. The summed E-state index contributed by atoms with van der Waals surface area (Å²) < 4.78 is 25.7. The number of benzene rings is 1. The van der Waals surface area contributed by atoms with Gasteiger partial charge in [-0.05, 0) is 48.9 Å². The van der Waals surface area contributed by atoms with Gasteiger partial charge in [-0.25, -0.2) is 12.7 Å². The Morgan fingerprint density at radius 3 is 2.75 bits per heavy atom. The molecule has 0 aliphatic carbocycles. The van der Waals surface area contributed by atoms with Gasteiger partial charge in [0.15, 0.2) is 0 Å². The maximum Gasteiger partial charge on any atom is 0.213 e. The van der Waals surface area contributed by atoms with Gasteiger partial charge in [-0.2, -0.15) is 0 Å². The number of rotatable bonds is 7. The van der Waals surface area contributed by atoms with Gasteiger partial charge in [0, 0.05) is 67.6 Å². The number of aromatic nitrogens is 1. The summed E-state index contributed by atoms with van der Waals surface area (Å²) in [5.74, 6) is 0.146. The van der Waals surface area contributed by atoms with Gasteiger partial charge in [-0.15, -0.1) is 0 Å². The Hall–Kier alpha value is -2.45. The lowest BCUT2D eigenvalue weighted by atomic mass is 10.00. The molecule has 0 bridgehead atoms. The Labute approximate surface area is 166 Å². The Morgan fingerprint density at radius 2 is 2.11 bits per heavy atom. The van der Waals surface area contributed by atoms with Crippen molar-refractivity contribution in [3.63, 3.8) is 0 Å². The number of hydrogen-bond donors (Lipinski definition) is 3. The molecule has 7 nitrogen and oxygen atoms in total. The fourth-order valence-electron chi connectivity index (χ4n) is 3.53. The van der Waals surface area contributed by atoms with Crippen LogP contribution in [0.2, 0.25) is 0 Å². The molecule has 1 aliphatic heterocycles. The lowest BCUT2D eigenvalue weighted by molar-refractivity contribution is 0.330. The average molecular weight is 402 g/mol. The highest BCUT2D eigenvalue weighted by atomic mass is 32.2. The van der Waals surface area contributed by atoms with Crippen molar-refractivity contribution in [2.45, 2.75) is 25.8 Å². The summed E-state index contributed by atoms with van der Waals surface area (Å²) in [5.41, 5.74) is 2.69. The molecule has 0 spiro atoms. The zero-order chi connectivity index (χ0) is 20.1. The molecule has 1 aliphatic rings. The van der Waals surface area contributed by atoms with Crippen molar-refractivity contribution in [3.05, 3.63) is 42.4 Å². The van der Waals surface area contributed by atoms with E-state index < -0.39 is 10.0 Å². The van der Waals surface area contributed by atoms with Gasteiger partial charge in [-0.1, -0.05) is 0 Å². The monoisotopic (exact) mass is 401 g/mol. The van der Waals surface area contributed by atoms with Crippen molar-refractivity contribution in [1.82, 2.24) is 14.6 Å². The molecule has 1 aromatic carbocycles. The summed E-state index contributed by atoms with van der Waals surface area (Å²) in [6, 6.07) is 6.24. The molecule has 8 heteroatoms. The number of piperidine rings is 1. The maximum atomic E-state index is 12.1. The number of anilines is 1. The topological polar surface area (TPSA) is 98.2 Å². The normalized spacial score (nSPS) is 16.9. The van der Waals surface area contributed by atoms with Crippen LogP contribution in [0.5, 0.6) is 0 Å². The van der Waals surface area contributed by atoms with E-state index in [2.05, 4.69) is 15.6 Å². The summed E-state index contributed by atoms with van der Waals surface area (Å²) in [6.07, 6.45) is 8.24. The van der Waals surface area contributed by atoms with Gasteiger partial charge in [0.2, 0.25) is 10.0 Å². The molecule has 28 heavy (non-hydrogen) atoms. The molecular weight excluding hydrogens is 374 g/mol. The number of hydrogen-bond acceptors (Lipinski definition) is 6. The van der Waals surface area contributed by atoms with E-state index in [1.165, 1.54) is 6.21 Å². The van der Waals surface area contributed by atoms with Crippen LogP contribution < -0.4 is 10.6 Å². The molecule has 2 aromatic rings. The Balaban J connectivity index is 1.87. The second-order valence-electron chi connectivity index (χ2n) is 6.87. The third-order valence-corrected chi connectivity index (χ3v) is 7.00. The van der Waals surface area contributed by atoms with Crippen LogP contribution in [0.1, 0.15) is 25.3 Å². The Kier molecular flexibility index (Phi) is 6.31. The van der Waals surface area contributed by atoms with Crippen LogP contribution >= 0.6 is 0 Å². The molecule has 0 atom stereocenters. The van der Waals surface area contributed by atoms with E-state index in [1.807, 2.05) is 31.4 Å². The van der Waals surface area contributed by atoms with Crippen molar-refractivity contribution in [1.29, 1.82) is 5.41 Å². The van der Waals surface area contributed by atoms with E-state index in [4.69, 9.17) is 5.41 Å². The van der Waals surface area contributed by atoms with Crippen LogP contribution in [0.15, 0.2) is 36.8 Å². The maximum absolute atomic E-state index is 12.1. The molecule has 0 radical (unpaired) electrons. The number of sulfonamides is 1. The van der Waals surface area contributed by atoms with E-state index >= 15 is 0 Å². The summed E-state index contributed by atoms with van der Waals surface area (Å²) in [5, 5.41) is 16.3. The molecule has 1 fully saturated rings. The number of allylic oxidation sites excluding steroid dienone is 1. The largest absolute Gasteiger partial charge is 0.393 e. The SMILES string of the molecule is CCS(=O)(=O)N1CCC(Nc2cc(/C(C=N)=C/NC)cc3ccncc23)CC1. The quantitative estimate of drug-likeness (QED) is 0.620. The molecule has 1 aromatic heterocycles. The third-order valence-electron chi connectivity index (χ3n) is 5.12. The van der Waals surface area contributed by atoms with Gasteiger partial charge in [0.1, 0.15) is 0 Å². The first-order valence-corrected chi connectivity index (χ1v) is 11.1. The first-order chi connectivity index (χ1) is 13.5. The van der Waals surface area contributed by atoms with Crippen molar-refractivity contribution < 1.29 is 8.42 Å². The molecule has 1 saturated heterocycles. The van der Waals surface area contributed by atoms with Gasteiger partial charge in [0.25, 0.3) is 0 Å². The van der Waals surface area contributed by atoms with Gasteiger partial charge in [0.05, 0.1) is 5.75 Å². The molecule has 2 heterocycles. The molecule has 3 rings (SSSR count). The van der Waals surface area contributed by atoms with Crippen LogP contribution in [-0.2, 0) is 10.0 Å². The number of pyridine rings is 1. The first kappa shape index (κ1) is 20.3. The number of fused-ring (bicyclic) bond motifs is 1. The standard InChI is InChI=1S/C20H27N5O2S/c1-3-28(26,27)25-8-5-18(6-9-25)24-20-11-16(17(12-21)13-22-2)10-15-4-7-23-14-19(15)20/h4,7,10-14,18,21-22,24H,3,5-6,8-9H2,1-2H3/b17-13+,21-12?. The lowest BCUT2D eigenvalue weighted by Gasteiger charge is -2.32. The van der Waals surface area contributed by atoms with Crippen molar-refractivity contribution in [2.24, 2.45) is 0 Å². The average Bonchev–Trinajstić information content (AvgIpc) is 2.72. The van der Waals surface area contributed by atoms with Crippen LogP contribution in [0.3, 0.4) is 0 Å². The first-order valence-electron chi connectivity index (χ1n) is 9.49. The molecule has 150 valence electrons. The Bertz CT molecular complexity index is 979. The molecule has 0 unspecified atom stereocenters. The fraction of sp³-hybridized carbons (Fsp3) is 0.400. The smallest absolute Gasteiger partial charge is 0.213 e. The minimum absolute atomic E-state index is 0.146. The predicted octanol–water partition coefficient (Wildman–Crippen LogP) is 2.67. The molecule has 0 amide bonds. The Morgan fingerprint density at radius 1 is 1.36 bits per heavy atom. The van der Waals surface area contributed by atoms with Crippen LogP contribution in [0.25, 0.3) is 16.3 Å². The van der Waals surface area contributed by atoms with Crippen molar-refractivity contribution in [2.75, 3.05) is 31.2 Å². The summed E-state index contributed by atoms with van der Waals surface area (Å²) in [6.45, 7) is 2.76. The van der Waals surface area contributed by atoms with Crippen molar-refractivity contribution >= 4 is 38.3 Å². The van der Waals surface area contributed by atoms with Crippen LogP contribution in [0, 0.1) is 5.41 Å². The van der Waals surface area contributed by atoms with E-state index in [1.54, 1.807) is 23.6 Å². The zero-order valence-electron chi connectivity index (χ0n) is 16.3. The van der Waals surface area contributed by atoms with Gasteiger partial charge >= 0.3 is 0 Å². The van der Waals surface area contributed by atoms with E-state index in [9.17, 15) is 8.42 Å². The van der Waals surface area contributed by atoms with Crippen LogP contribution in [0.4, 0.5) is 5.69 Å². The third kappa shape index (κ3) is 4.34. The zero-order valence-corrected chi connectivity index (χ0v) is 17.1. The van der Waals surface area contributed by atoms with E-state index in [0.29, 0.717) is 13.1 Å². The fourth-order valence-corrected chi connectivity index (χ4v) is 4.66. The predicted molar refractivity (Wildman–Crippen MR) is 115 cm³/mol. The van der Waals surface area contributed by atoms with Gasteiger partial charge in [-0.3, -0.25) is 4.98 Å². The second-order valence-corrected chi connectivity index (χ2v) is 9.13. The summed E-state index contributed by atoms with van der Waals surface area (Å²) in [7, 11) is -1.31. The minimum atomic E-state index is -3.12. The molecule has 3 N–H and O–H groups in total. The number of nitrogens with zero attached hydrogens (tertiary/aromatic N) is 2. The van der Waals surface area contributed by atoms with Crippen LogP contribution in [-0.4, -0.2) is 55.9 Å². The van der Waals surface area contributed by atoms with E-state index in [0.717, 1.165) is 40.4 Å². The summed E-state index contributed by atoms with van der Waals surface area (Å²) >= 11 is 0. The summed E-state index contributed by atoms with van der Waals surface area (Å²) in [4.78, 5) is 4.25. The minimum Gasteiger partial charge on any atom is -0.393 e. The molecule has 0 saturated carbocycles. The number of nitrogens with one attached hydrogen (secondary N) is 3.